The second-order valence-electron chi connectivity index (χ2n) is 5.03. The first-order valence-electron chi connectivity index (χ1n) is 6.27. The van der Waals surface area contributed by atoms with Crippen molar-refractivity contribution < 1.29 is 9.84 Å². The highest BCUT2D eigenvalue weighted by Crippen LogP contribution is 2.21. The highest BCUT2D eigenvalue weighted by Gasteiger charge is 2.28. The summed E-state index contributed by atoms with van der Waals surface area (Å²) in [5.41, 5.74) is 0. The van der Waals surface area contributed by atoms with Gasteiger partial charge in [-0.15, -0.1) is 0 Å². The summed E-state index contributed by atoms with van der Waals surface area (Å²) < 4.78 is 5.44. The number of piperidine rings is 1. The maximum atomic E-state index is 9.88. The van der Waals surface area contributed by atoms with Crippen LogP contribution in [0.5, 0.6) is 0 Å². The maximum Gasteiger partial charge on any atom is 0.0624 e. The van der Waals surface area contributed by atoms with Gasteiger partial charge < -0.3 is 14.7 Å². The topological polar surface area (TPSA) is 32.7 Å². The molecule has 2 fully saturated rings. The molecule has 0 aromatic heterocycles. The van der Waals surface area contributed by atoms with Crippen LogP contribution in [-0.4, -0.2) is 48.5 Å². The van der Waals surface area contributed by atoms with Crippen molar-refractivity contribution in [2.24, 2.45) is 5.92 Å². The lowest BCUT2D eigenvalue weighted by atomic mass is 9.95. The van der Waals surface area contributed by atoms with E-state index >= 15 is 0 Å². The summed E-state index contributed by atoms with van der Waals surface area (Å²) in [6, 6.07) is 0.688. The Morgan fingerprint density at radius 1 is 1.33 bits per heavy atom. The minimum atomic E-state index is -0.145. The van der Waals surface area contributed by atoms with Gasteiger partial charge in [0.25, 0.3) is 0 Å². The fourth-order valence-electron chi connectivity index (χ4n) is 2.69. The summed E-state index contributed by atoms with van der Waals surface area (Å²) in [6.45, 7) is 5.99. The van der Waals surface area contributed by atoms with Gasteiger partial charge in [0.1, 0.15) is 0 Å². The third-order valence-electron chi connectivity index (χ3n) is 3.84. The number of likely N-dealkylation sites (tertiary alicyclic amines) is 1. The average Bonchev–Trinajstić information content (AvgIpc) is 2.24. The van der Waals surface area contributed by atoms with E-state index in [1.54, 1.807) is 0 Å². The predicted molar refractivity (Wildman–Crippen MR) is 59.8 cm³/mol. The molecule has 0 bridgehead atoms. The highest BCUT2D eigenvalue weighted by molar-refractivity contribution is 4.80. The molecule has 0 aromatic carbocycles. The molecule has 3 nitrogen and oxygen atoms in total. The zero-order valence-electron chi connectivity index (χ0n) is 9.69. The number of aliphatic hydroxyl groups excluding tert-OH is 1. The third kappa shape index (κ3) is 2.92. The van der Waals surface area contributed by atoms with Gasteiger partial charge in [-0.1, -0.05) is 6.42 Å². The number of nitrogens with zero attached hydrogens (tertiary/aromatic N) is 1. The van der Waals surface area contributed by atoms with E-state index in [1.165, 1.54) is 25.8 Å². The predicted octanol–water partition coefficient (Wildman–Crippen LogP) is 1.26. The van der Waals surface area contributed by atoms with Crippen LogP contribution in [0.15, 0.2) is 0 Å². The zero-order chi connectivity index (χ0) is 10.7. The van der Waals surface area contributed by atoms with Crippen molar-refractivity contribution in [2.75, 3.05) is 26.3 Å². The van der Waals surface area contributed by atoms with Crippen LogP contribution in [-0.2, 0) is 4.74 Å². The van der Waals surface area contributed by atoms with Gasteiger partial charge in [0.15, 0.2) is 0 Å². The second-order valence-corrected chi connectivity index (χ2v) is 5.03. The molecule has 3 atom stereocenters. The fourth-order valence-corrected chi connectivity index (χ4v) is 2.69. The molecule has 2 rings (SSSR count). The molecule has 2 heterocycles. The Bertz CT molecular complexity index is 178. The molecular formula is C12H23NO2. The molecule has 2 aliphatic rings. The van der Waals surface area contributed by atoms with Crippen molar-refractivity contribution in [1.82, 2.24) is 4.90 Å². The Kier molecular flexibility index (Phi) is 4.00. The van der Waals surface area contributed by atoms with Crippen molar-refractivity contribution in [2.45, 2.75) is 44.8 Å². The summed E-state index contributed by atoms with van der Waals surface area (Å²) in [7, 11) is 0. The van der Waals surface area contributed by atoms with Crippen molar-refractivity contribution in [3.63, 3.8) is 0 Å². The van der Waals surface area contributed by atoms with Crippen LogP contribution in [0.4, 0.5) is 0 Å². The lowest BCUT2D eigenvalue weighted by Gasteiger charge is -2.38. The van der Waals surface area contributed by atoms with E-state index in [1.807, 2.05) is 0 Å². The molecule has 0 radical (unpaired) electrons. The molecule has 3 heteroatoms. The van der Waals surface area contributed by atoms with Crippen molar-refractivity contribution >= 4 is 0 Å². The van der Waals surface area contributed by atoms with Crippen molar-refractivity contribution in [3.8, 4) is 0 Å². The number of ether oxygens (including phenoxy) is 1. The molecule has 0 amide bonds. The average molecular weight is 213 g/mol. The van der Waals surface area contributed by atoms with Crippen LogP contribution in [0.3, 0.4) is 0 Å². The van der Waals surface area contributed by atoms with Crippen LogP contribution in [0, 0.1) is 5.92 Å². The molecule has 2 saturated heterocycles. The van der Waals surface area contributed by atoms with E-state index in [4.69, 9.17) is 4.74 Å². The Labute approximate surface area is 92.4 Å². The van der Waals surface area contributed by atoms with Gasteiger partial charge in [-0.2, -0.15) is 0 Å². The van der Waals surface area contributed by atoms with Gasteiger partial charge in [0.05, 0.1) is 12.7 Å². The summed E-state index contributed by atoms with van der Waals surface area (Å²) >= 11 is 0. The van der Waals surface area contributed by atoms with Crippen LogP contribution < -0.4 is 0 Å². The second kappa shape index (κ2) is 5.28. The minimum Gasteiger partial charge on any atom is -0.393 e. The summed E-state index contributed by atoms with van der Waals surface area (Å²) in [4.78, 5) is 2.52. The smallest absolute Gasteiger partial charge is 0.0624 e. The van der Waals surface area contributed by atoms with Crippen LogP contribution in [0.1, 0.15) is 32.6 Å². The molecule has 15 heavy (non-hydrogen) atoms. The Morgan fingerprint density at radius 3 is 2.93 bits per heavy atom. The first kappa shape index (κ1) is 11.4. The normalized spacial score (nSPS) is 39.2. The van der Waals surface area contributed by atoms with E-state index in [0.717, 1.165) is 26.2 Å². The molecule has 0 spiro atoms. The molecule has 88 valence electrons. The summed E-state index contributed by atoms with van der Waals surface area (Å²) in [6.07, 6.45) is 4.65. The van der Waals surface area contributed by atoms with Crippen molar-refractivity contribution in [1.29, 1.82) is 0 Å². The van der Waals surface area contributed by atoms with E-state index in [-0.39, 0.29) is 6.10 Å². The van der Waals surface area contributed by atoms with Crippen LogP contribution in [0.2, 0.25) is 0 Å². The Hall–Kier alpha value is -0.120. The van der Waals surface area contributed by atoms with E-state index < -0.39 is 0 Å². The van der Waals surface area contributed by atoms with Gasteiger partial charge in [0.2, 0.25) is 0 Å². The Balaban J connectivity index is 1.83. The van der Waals surface area contributed by atoms with Gasteiger partial charge in [-0.05, 0) is 32.7 Å². The quantitative estimate of drug-likeness (QED) is 0.749. The first-order chi connectivity index (χ1) is 7.27. The molecule has 0 saturated carbocycles. The van der Waals surface area contributed by atoms with Crippen LogP contribution >= 0.6 is 0 Å². The molecule has 2 aliphatic heterocycles. The lowest BCUT2D eigenvalue weighted by Crippen LogP contribution is -2.46. The molecule has 1 N–H and O–H groups in total. The van der Waals surface area contributed by atoms with Gasteiger partial charge in [-0.3, -0.25) is 0 Å². The highest BCUT2D eigenvalue weighted by atomic mass is 16.5. The standard InChI is InChI=1S/C12H23NO2/c1-10-4-2-3-6-13(10)8-11-9-15-7-5-12(11)14/h10-12,14H,2-9H2,1H3. The Morgan fingerprint density at radius 2 is 2.20 bits per heavy atom. The maximum absolute atomic E-state index is 9.88. The fraction of sp³-hybridized carbons (Fsp3) is 1.00. The SMILES string of the molecule is CC1CCCCN1CC1COCCC1O. The number of hydrogen-bond acceptors (Lipinski definition) is 3. The van der Waals surface area contributed by atoms with Crippen LogP contribution in [0.25, 0.3) is 0 Å². The number of hydrogen-bond donors (Lipinski definition) is 1. The number of aliphatic hydroxyl groups is 1. The number of rotatable bonds is 2. The van der Waals surface area contributed by atoms with E-state index in [2.05, 4.69) is 11.8 Å². The molecule has 0 aromatic rings. The first-order valence-corrected chi connectivity index (χ1v) is 6.27. The third-order valence-corrected chi connectivity index (χ3v) is 3.84. The van der Waals surface area contributed by atoms with Gasteiger partial charge in [0, 0.05) is 25.1 Å². The summed E-state index contributed by atoms with van der Waals surface area (Å²) in [5.74, 6) is 0.333. The largest absolute Gasteiger partial charge is 0.393 e. The molecule has 3 unspecified atom stereocenters. The zero-order valence-corrected chi connectivity index (χ0v) is 9.69. The van der Waals surface area contributed by atoms with E-state index in [9.17, 15) is 5.11 Å². The minimum absolute atomic E-state index is 0.145. The van der Waals surface area contributed by atoms with E-state index in [0.29, 0.717) is 12.0 Å². The van der Waals surface area contributed by atoms with Gasteiger partial charge in [-0.25, -0.2) is 0 Å². The lowest BCUT2D eigenvalue weighted by molar-refractivity contribution is -0.0523. The summed E-state index contributed by atoms with van der Waals surface area (Å²) in [5, 5.41) is 9.88. The molecule has 0 aliphatic carbocycles. The van der Waals surface area contributed by atoms with Crippen molar-refractivity contribution in [3.05, 3.63) is 0 Å². The molecular weight excluding hydrogens is 190 g/mol. The van der Waals surface area contributed by atoms with Gasteiger partial charge >= 0.3 is 0 Å². The monoisotopic (exact) mass is 213 g/mol.